The summed E-state index contributed by atoms with van der Waals surface area (Å²) in [5.74, 6) is -0.460. The lowest BCUT2D eigenvalue weighted by atomic mass is 10.2. The molecule has 108 valence electrons. The van der Waals surface area contributed by atoms with Gasteiger partial charge < -0.3 is 9.84 Å². The summed E-state index contributed by atoms with van der Waals surface area (Å²) in [5, 5.41) is 8.79. The number of ether oxygens (including phenoxy) is 1. The quantitative estimate of drug-likeness (QED) is 0.853. The maximum Gasteiger partial charge on any atom is 0.344 e. The minimum absolute atomic E-state index is 0.526. The van der Waals surface area contributed by atoms with Gasteiger partial charge in [0.15, 0.2) is 6.10 Å². The topological polar surface area (TPSA) is 58.9 Å². The predicted molar refractivity (Wildman–Crippen MR) is 82.6 cm³/mol. The van der Waals surface area contributed by atoms with Gasteiger partial charge in [-0.05, 0) is 55.3 Å². The Morgan fingerprint density at radius 1 is 1.19 bits per heavy atom. The number of hydrogen-bond donors (Lipinski definition) is 1. The van der Waals surface area contributed by atoms with Crippen LogP contribution in [0, 0.1) is 6.92 Å². The number of para-hydroxylation sites is 1. The number of aryl methyl sites for hydroxylation is 1. The van der Waals surface area contributed by atoms with Gasteiger partial charge in [0.05, 0.1) is 5.69 Å². The van der Waals surface area contributed by atoms with Gasteiger partial charge in [0.25, 0.3) is 0 Å². The highest BCUT2D eigenvalue weighted by molar-refractivity contribution is 5.82. The fourth-order valence-corrected chi connectivity index (χ4v) is 1.74. The number of carboxylic acid groups (broad SMARTS) is 1. The van der Waals surface area contributed by atoms with Crippen molar-refractivity contribution in [2.75, 3.05) is 0 Å². The lowest BCUT2D eigenvalue weighted by molar-refractivity contribution is -0.144. The molecule has 4 nitrogen and oxygen atoms in total. The minimum atomic E-state index is -0.986. The van der Waals surface area contributed by atoms with Crippen molar-refractivity contribution in [2.24, 2.45) is 4.99 Å². The highest BCUT2D eigenvalue weighted by Crippen LogP contribution is 2.18. The molecule has 0 saturated heterocycles. The summed E-state index contributed by atoms with van der Waals surface area (Å²) in [5.41, 5.74) is 2.97. The van der Waals surface area contributed by atoms with Crippen molar-refractivity contribution in [3.8, 4) is 5.75 Å². The van der Waals surface area contributed by atoms with Gasteiger partial charge in [0.2, 0.25) is 0 Å². The van der Waals surface area contributed by atoms with E-state index in [2.05, 4.69) is 4.99 Å². The van der Waals surface area contributed by atoms with E-state index in [0.29, 0.717) is 5.75 Å². The average Bonchev–Trinajstić information content (AvgIpc) is 2.48. The second-order valence-corrected chi connectivity index (χ2v) is 4.71. The molecule has 0 radical (unpaired) electrons. The summed E-state index contributed by atoms with van der Waals surface area (Å²) >= 11 is 0. The van der Waals surface area contributed by atoms with Crippen molar-refractivity contribution in [1.29, 1.82) is 0 Å². The van der Waals surface area contributed by atoms with Crippen LogP contribution in [0.1, 0.15) is 18.1 Å². The summed E-state index contributed by atoms with van der Waals surface area (Å²) in [4.78, 5) is 15.2. The van der Waals surface area contributed by atoms with Crippen LogP contribution in [0.3, 0.4) is 0 Å². The number of benzene rings is 2. The molecule has 0 aliphatic heterocycles. The van der Waals surface area contributed by atoms with E-state index in [-0.39, 0.29) is 0 Å². The first kappa shape index (κ1) is 14.8. The minimum Gasteiger partial charge on any atom is -0.479 e. The van der Waals surface area contributed by atoms with Crippen LogP contribution in [0.15, 0.2) is 53.5 Å². The van der Waals surface area contributed by atoms with Crippen LogP contribution in [-0.4, -0.2) is 23.4 Å². The van der Waals surface area contributed by atoms with Crippen molar-refractivity contribution < 1.29 is 14.6 Å². The number of carboxylic acids is 1. The van der Waals surface area contributed by atoms with Gasteiger partial charge in [0.1, 0.15) is 5.75 Å². The third-order valence-electron chi connectivity index (χ3n) is 3.01. The predicted octanol–water partition coefficient (Wildman–Crippen LogP) is 3.60. The molecule has 1 atom stereocenters. The Bertz CT molecular complexity index is 647. The summed E-state index contributed by atoms with van der Waals surface area (Å²) < 4.78 is 5.27. The van der Waals surface area contributed by atoms with E-state index in [1.165, 1.54) is 6.92 Å². The second-order valence-electron chi connectivity index (χ2n) is 4.71. The molecule has 1 N–H and O–H groups in total. The molecule has 0 aliphatic carbocycles. The molecular weight excluding hydrogens is 266 g/mol. The lowest BCUT2D eigenvalue weighted by Gasteiger charge is -2.09. The molecule has 0 bridgehead atoms. The Kier molecular flexibility index (Phi) is 4.72. The Hall–Kier alpha value is -2.62. The molecule has 0 spiro atoms. The Balaban J connectivity index is 2.06. The van der Waals surface area contributed by atoms with Crippen LogP contribution in [0.25, 0.3) is 0 Å². The molecule has 0 heterocycles. The number of nitrogens with zero attached hydrogens (tertiary/aromatic N) is 1. The van der Waals surface area contributed by atoms with E-state index < -0.39 is 12.1 Å². The first-order valence-electron chi connectivity index (χ1n) is 6.65. The second kappa shape index (κ2) is 6.70. The third kappa shape index (κ3) is 4.18. The standard InChI is InChI=1S/C17H17NO3/c1-12-5-3-4-6-16(12)18-11-14-7-9-15(10-8-14)21-13(2)17(19)20/h3-11,13H,1-2H3,(H,19,20)/t13-/m1/s1. The molecule has 0 unspecified atom stereocenters. The van der Waals surface area contributed by atoms with Crippen LogP contribution in [0.5, 0.6) is 5.75 Å². The largest absolute Gasteiger partial charge is 0.479 e. The molecule has 0 fully saturated rings. The monoisotopic (exact) mass is 283 g/mol. The zero-order chi connectivity index (χ0) is 15.2. The molecule has 21 heavy (non-hydrogen) atoms. The number of aliphatic imine (C=N–C) groups is 1. The first-order valence-corrected chi connectivity index (χ1v) is 6.65. The summed E-state index contributed by atoms with van der Waals surface area (Å²) in [6.45, 7) is 3.51. The third-order valence-corrected chi connectivity index (χ3v) is 3.01. The van der Waals surface area contributed by atoms with Gasteiger partial charge in [0, 0.05) is 6.21 Å². The van der Waals surface area contributed by atoms with Crippen molar-refractivity contribution in [3.63, 3.8) is 0 Å². The summed E-state index contributed by atoms with van der Waals surface area (Å²) in [7, 11) is 0. The van der Waals surface area contributed by atoms with E-state index >= 15 is 0 Å². The maximum atomic E-state index is 10.7. The van der Waals surface area contributed by atoms with Crippen molar-refractivity contribution in [3.05, 3.63) is 59.7 Å². The molecule has 0 aromatic heterocycles. The van der Waals surface area contributed by atoms with Crippen molar-refractivity contribution in [2.45, 2.75) is 20.0 Å². The van der Waals surface area contributed by atoms with Crippen LogP contribution >= 0.6 is 0 Å². The van der Waals surface area contributed by atoms with Crippen LogP contribution in [0.2, 0.25) is 0 Å². The lowest BCUT2D eigenvalue weighted by Crippen LogP contribution is -2.22. The highest BCUT2D eigenvalue weighted by atomic mass is 16.5. The molecule has 0 aliphatic rings. The molecule has 0 amide bonds. The van der Waals surface area contributed by atoms with E-state index in [1.807, 2.05) is 43.3 Å². The molecule has 0 saturated carbocycles. The van der Waals surface area contributed by atoms with E-state index in [1.54, 1.807) is 18.3 Å². The number of aliphatic carboxylic acids is 1. The van der Waals surface area contributed by atoms with Gasteiger partial charge in [-0.2, -0.15) is 0 Å². The summed E-state index contributed by atoms with van der Waals surface area (Å²) in [6.07, 6.45) is 0.906. The Morgan fingerprint density at radius 2 is 1.86 bits per heavy atom. The van der Waals surface area contributed by atoms with Gasteiger partial charge in [-0.15, -0.1) is 0 Å². The Labute approximate surface area is 123 Å². The normalized spacial score (nSPS) is 12.3. The fourth-order valence-electron chi connectivity index (χ4n) is 1.74. The maximum absolute atomic E-state index is 10.7. The van der Waals surface area contributed by atoms with Gasteiger partial charge in [-0.1, -0.05) is 18.2 Å². The van der Waals surface area contributed by atoms with E-state index in [0.717, 1.165) is 16.8 Å². The zero-order valence-corrected chi connectivity index (χ0v) is 12.0. The SMILES string of the molecule is Cc1ccccc1N=Cc1ccc(O[C@H](C)C(=O)O)cc1. The smallest absolute Gasteiger partial charge is 0.344 e. The van der Waals surface area contributed by atoms with E-state index in [4.69, 9.17) is 9.84 Å². The van der Waals surface area contributed by atoms with Gasteiger partial charge >= 0.3 is 5.97 Å². The summed E-state index contributed by atoms with van der Waals surface area (Å²) in [6, 6.07) is 15.0. The van der Waals surface area contributed by atoms with Gasteiger partial charge in [-0.3, -0.25) is 4.99 Å². The average molecular weight is 283 g/mol. The fraction of sp³-hybridized carbons (Fsp3) is 0.176. The molecule has 2 aromatic rings. The number of carbonyl (C=O) groups is 1. The van der Waals surface area contributed by atoms with Crippen molar-refractivity contribution in [1.82, 2.24) is 0 Å². The van der Waals surface area contributed by atoms with Crippen LogP contribution < -0.4 is 4.74 Å². The molecule has 2 rings (SSSR count). The Morgan fingerprint density at radius 3 is 2.48 bits per heavy atom. The first-order chi connectivity index (χ1) is 10.1. The van der Waals surface area contributed by atoms with Gasteiger partial charge in [-0.25, -0.2) is 4.79 Å². The molecular formula is C17H17NO3. The molecule has 4 heteroatoms. The van der Waals surface area contributed by atoms with Crippen LogP contribution in [0.4, 0.5) is 5.69 Å². The van der Waals surface area contributed by atoms with Crippen molar-refractivity contribution >= 4 is 17.9 Å². The zero-order valence-electron chi connectivity index (χ0n) is 12.0. The van der Waals surface area contributed by atoms with Crippen LogP contribution in [-0.2, 0) is 4.79 Å². The number of rotatable bonds is 5. The number of hydrogen-bond acceptors (Lipinski definition) is 3. The van der Waals surface area contributed by atoms with E-state index in [9.17, 15) is 4.79 Å². The molecule has 2 aromatic carbocycles. The highest BCUT2D eigenvalue weighted by Gasteiger charge is 2.11.